The van der Waals surface area contributed by atoms with Crippen molar-refractivity contribution in [2.45, 2.75) is 115 Å². The number of nitrogens with one attached hydrogen (secondary N) is 3. The first-order valence-electron chi connectivity index (χ1n) is 21.2. The van der Waals surface area contributed by atoms with Crippen molar-refractivity contribution in [3.63, 3.8) is 0 Å². The Balaban J connectivity index is 1.03. The van der Waals surface area contributed by atoms with Gasteiger partial charge in [0.15, 0.2) is 8.32 Å². The summed E-state index contributed by atoms with van der Waals surface area (Å²) in [6.45, 7) is 12.1. The lowest BCUT2D eigenvalue weighted by Gasteiger charge is -2.39. The molecule has 1 atom stereocenters. The highest BCUT2D eigenvalue weighted by molar-refractivity contribution is 6.74. The van der Waals surface area contributed by atoms with Gasteiger partial charge in [0, 0.05) is 54.3 Å². The van der Waals surface area contributed by atoms with Crippen molar-refractivity contribution in [1.82, 2.24) is 10.3 Å². The van der Waals surface area contributed by atoms with Crippen LogP contribution in [0.25, 0.3) is 22.0 Å². The topological polar surface area (TPSA) is 170 Å². The lowest BCUT2D eigenvalue weighted by Crippen LogP contribution is -2.44. The van der Waals surface area contributed by atoms with Gasteiger partial charge in [0.2, 0.25) is 11.5 Å². The van der Waals surface area contributed by atoms with E-state index in [1.54, 1.807) is 17.0 Å². The fraction of sp³-hybridized carbons (Fsp3) is 0.396. The van der Waals surface area contributed by atoms with Crippen LogP contribution in [0.2, 0.25) is 18.1 Å². The molecule has 7 N–H and O–H groups in total. The predicted octanol–water partition coefficient (Wildman–Crippen LogP) is 9.86. The lowest BCUT2D eigenvalue weighted by atomic mass is 9.89. The summed E-state index contributed by atoms with van der Waals surface area (Å²) in [5, 5.41) is 28.3. The van der Waals surface area contributed by atoms with Gasteiger partial charge in [-0.15, -0.1) is 0 Å². The Kier molecular flexibility index (Phi) is 14.3. The second kappa shape index (κ2) is 19.4. The minimum absolute atomic E-state index is 0.0172. The second-order valence-electron chi connectivity index (χ2n) is 17.7. The molecule has 11 nitrogen and oxygen atoms in total. The molecule has 0 aliphatic heterocycles. The third kappa shape index (κ3) is 11.1. The molecule has 0 unspecified atom stereocenters. The Morgan fingerprint density at radius 1 is 0.917 bits per heavy atom. The van der Waals surface area contributed by atoms with Crippen LogP contribution in [0.3, 0.4) is 0 Å². The van der Waals surface area contributed by atoms with E-state index in [0.717, 1.165) is 77.4 Å². The summed E-state index contributed by atoms with van der Waals surface area (Å²) >= 11 is 0. The number of amides is 2. The SMILES string of the molecule is CC(C)(C)[Si](C)(C)O[C@H](CNCc1ccc(NC(=O)CCCCc2ccc(-c3ccccc3)c(N(C(=O)O)C3CCC(N)CC3)c2)cc1)c1ccc(O)c2[nH]c(=O)ccc12. The van der Waals surface area contributed by atoms with E-state index in [1.165, 1.54) is 6.07 Å². The number of rotatable bonds is 16. The first-order chi connectivity index (χ1) is 28.6. The van der Waals surface area contributed by atoms with Crippen LogP contribution in [-0.2, 0) is 22.2 Å². The van der Waals surface area contributed by atoms with Gasteiger partial charge in [0.25, 0.3) is 0 Å². The number of H-pyrrole nitrogens is 1. The van der Waals surface area contributed by atoms with Gasteiger partial charge in [0.1, 0.15) is 5.75 Å². The minimum atomic E-state index is -2.22. The minimum Gasteiger partial charge on any atom is -0.506 e. The predicted molar refractivity (Wildman–Crippen MR) is 244 cm³/mol. The molecule has 0 spiro atoms. The van der Waals surface area contributed by atoms with Crippen molar-refractivity contribution < 1.29 is 24.2 Å². The Labute approximate surface area is 354 Å². The molecule has 318 valence electrons. The van der Waals surface area contributed by atoms with Crippen LogP contribution in [-0.4, -0.2) is 54.1 Å². The maximum Gasteiger partial charge on any atom is 0.412 e. The number of carbonyl (C=O) groups excluding carboxylic acids is 1. The number of hydrogen-bond acceptors (Lipinski definition) is 7. The van der Waals surface area contributed by atoms with E-state index in [-0.39, 0.29) is 40.4 Å². The number of hydrogen-bond donors (Lipinski definition) is 6. The van der Waals surface area contributed by atoms with Gasteiger partial charge in [-0.2, -0.15) is 0 Å². The number of anilines is 2. The van der Waals surface area contributed by atoms with E-state index in [0.29, 0.717) is 37.1 Å². The standard InChI is InChI=1S/C48H61N5O6Si/c1-48(2,3)60(4,5)59-43(39-25-27-42(54)46-40(39)26-28-45(56)52-46)31-50-30-33-15-20-36(21-16-33)51-44(55)14-10-9-11-32-17-24-38(34-12-7-6-8-13-34)41(29-32)53(47(57)58)37-22-18-35(49)19-23-37/h6-8,12-13,15-17,20-21,24-29,35,37,43,50,54H,9-11,14,18-19,22-23,30-31,49H2,1-5H3,(H,51,55)(H,52,56)(H,57,58)/t35?,37?,43-/m1/s1. The Morgan fingerprint density at radius 3 is 2.30 bits per heavy atom. The van der Waals surface area contributed by atoms with Crippen molar-refractivity contribution in [2.75, 3.05) is 16.8 Å². The summed E-state index contributed by atoms with van der Waals surface area (Å²) in [6, 6.07) is 30.5. The van der Waals surface area contributed by atoms with Crippen molar-refractivity contribution in [2.24, 2.45) is 5.73 Å². The highest BCUT2D eigenvalue weighted by Crippen LogP contribution is 2.41. The molecular weight excluding hydrogens is 771 g/mol. The monoisotopic (exact) mass is 831 g/mol. The number of benzene rings is 4. The number of carboxylic acid groups (broad SMARTS) is 1. The molecular formula is C48H61N5O6Si. The van der Waals surface area contributed by atoms with Crippen LogP contribution in [0.5, 0.6) is 5.75 Å². The summed E-state index contributed by atoms with van der Waals surface area (Å²) in [4.78, 5) is 42.1. The number of unbranched alkanes of at least 4 members (excludes halogenated alkanes) is 1. The molecule has 1 aliphatic carbocycles. The average molecular weight is 832 g/mol. The van der Waals surface area contributed by atoms with Crippen LogP contribution < -0.4 is 26.8 Å². The van der Waals surface area contributed by atoms with Crippen LogP contribution in [0.4, 0.5) is 16.2 Å². The zero-order valence-corrected chi connectivity index (χ0v) is 36.6. The maximum atomic E-state index is 13.0. The molecule has 5 aromatic rings. The molecule has 1 heterocycles. The number of pyridine rings is 1. The Bertz CT molecular complexity index is 2300. The molecule has 2 amide bonds. The number of carbonyl (C=O) groups is 2. The number of aromatic amines is 1. The van der Waals surface area contributed by atoms with Crippen LogP contribution in [0, 0.1) is 0 Å². The first kappa shape index (κ1) is 44.3. The number of phenols is 1. The molecule has 1 aliphatic rings. The normalized spacial score (nSPS) is 16.4. The first-order valence-corrected chi connectivity index (χ1v) is 24.1. The molecule has 1 saturated carbocycles. The largest absolute Gasteiger partial charge is 0.506 e. The smallest absolute Gasteiger partial charge is 0.412 e. The highest BCUT2D eigenvalue weighted by atomic mass is 28.4. The Morgan fingerprint density at radius 2 is 1.62 bits per heavy atom. The number of aromatic nitrogens is 1. The van der Waals surface area contributed by atoms with Crippen LogP contribution in [0.1, 0.15) is 88.5 Å². The summed E-state index contributed by atoms with van der Waals surface area (Å²) in [5.74, 6) is -0.0368. The van der Waals surface area contributed by atoms with Gasteiger partial charge in [-0.3, -0.25) is 14.5 Å². The third-order valence-electron chi connectivity index (χ3n) is 12.2. The van der Waals surface area contributed by atoms with Crippen molar-refractivity contribution in [1.29, 1.82) is 0 Å². The van der Waals surface area contributed by atoms with Gasteiger partial charge in [-0.1, -0.05) is 81.4 Å². The summed E-state index contributed by atoms with van der Waals surface area (Å²) in [6.07, 6.45) is 4.38. The molecule has 1 aromatic heterocycles. The number of aryl methyl sites for hydroxylation is 1. The molecule has 60 heavy (non-hydrogen) atoms. The fourth-order valence-electron chi connectivity index (χ4n) is 7.79. The van der Waals surface area contributed by atoms with E-state index >= 15 is 0 Å². The van der Waals surface area contributed by atoms with Gasteiger partial charge >= 0.3 is 6.09 Å². The average Bonchev–Trinajstić information content (AvgIpc) is 3.21. The van der Waals surface area contributed by atoms with E-state index in [9.17, 15) is 24.6 Å². The summed E-state index contributed by atoms with van der Waals surface area (Å²) < 4.78 is 6.93. The van der Waals surface area contributed by atoms with Crippen LogP contribution in [0.15, 0.2) is 102 Å². The quantitative estimate of drug-likeness (QED) is 0.0422. The van der Waals surface area contributed by atoms with Crippen molar-refractivity contribution >= 4 is 42.6 Å². The molecule has 12 heteroatoms. The zero-order valence-electron chi connectivity index (χ0n) is 35.6. The molecule has 0 radical (unpaired) electrons. The molecule has 6 rings (SSSR count). The number of nitrogens with two attached hydrogens (primary N) is 1. The van der Waals surface area contributed by atoms with Crippen LogP contribution >= 0.6 is 0 Å². The van der Waals surface area contributed by atoms with Gasteiger partial charge in [-0.25, -0.2) is 4.79 Å². The molecule has 1 fully saturated rings. The Hall–Kier alpha value is -5.27. The fourth-order valence-corrected chi connectivity index (χ4v) is 9.06. The van der Waals surface area contributed by atoms with Gasteiger partial charge < -0.3 is 36.0 Å². The van der Waals surface area contributed by atoms with E-state index < -0.39 is 14.4 Å². The van der Waals surface area contributed by atoms with E-state index in [1.807, 2.05) is 72.8 Å². The zero-order chi connectivity index (χ0) is 43.0. The van der Waals surface area contributed by atoms with Gasteiger partial charge in [0.05, 0.1) is 17.3 Å². The number of fused-ring (bicyclic) bond motifs is 1. The molecule has 0 saturated heterocycles. The summed E-state index contributed by atoms with van der Waals surface area (Å²) in [7, 11) is -2.22. The number of nitrogens with zero attached hydrogens (tertiary/aromatic N) is 1. The third-order valence-corrected chi connectivity index (χ3v) is 16.7. The van der Waals surface area contributed by atoms with Gasteiger partial charge in [-0.05, 0) is 116 Å². The van der Waals surface area contributed by atoms with E-state index in [4.69, 9.17) is 10.2 Å². The number of aromatic hydroxyl groups is 1. The molecule has 0 bridgehead atoms. The second-order valence-corrected chi connectivity index (χ2v) is 22.4. The number of phenolic OH excluding ortho intramolecular Hbond substituents is 1. The summed E-state index contributed by atoms with van der Waals surface area (Å²) in [5.41, 5.74) is 12.6. The van der Waals surface area contributed by atoms with E-state index in [2.05, 4.69) is 55.5 Å². The molecule has 4 aromatic carbocycles. The highest BCUT2D eigenvalue weighted by Gasteiger charge is 2.40. The maximum absolute atomic E-state index is 13.0. The van der Waals surface area contributed by atoms with Crippen molar-refractivity contribution in [3.8, 4) is 16.9 Å². The lowest BCUT2D eigenvalue weighted by molar-refractivity contribution is -0.116. The van der Waals surface area contributed by atoms with Crippen molar-refractivity contribution in [3.05, 3.63) is 124 Å².